The second kappa shape index (κ2) is 5.02. The molecule has 1 aromatic rings. The van der Waals surface area contributed by atoms with Gasteiger partial charge in [-0.2, -0.15) is 0 Å². The topological polar surface area (TPSA) is 46.2 Å². The lowest BCUT2D eigenvalue weighted by atomic mass is 9.91. The predicted octanol–water partition coefficient (Wildman–Crippen LogP) is 3.47. The molecule has 1 saturated carbocycles. The Labute approximate surface area is 120 Å². The van der Waals surface area contributed by atoms with Crippen molar-refractivity contribution < 1.29 is 12.8 Å². The summed E-state index contributed by atoms with van der Waals surface area (Å²) >= 11 is 0. The van der Waals surface area contributed by atoms with Crippen LogP contribution in [-0.4, -0.2) is 20.7 Å². The van der Waals surface area contributed by atoms with Gasteiger partial charge in [0.05, 0.1) is 10.6 Å². The zero-order valence-corrected chi connectivity index (χ0v) is 13.2. The molecule has 2 rings (SSSR count). The average Bonchev–Trinajstić information content (AvgIpc) is 2.53. The molecule has 0 aliphatic heterocycles. The fourth-order valence-electron chi connectivity index (χ4n) is 3.13. The lowest BCUT2D eigenvalue weighted by molar-refractivity contribution is 0.366. The molecule has 0 radical (unpaired) electrons. The van der Waals surface area contributed by atoms with E-state index in [-0.39, 0.29) is 22.0 Å². The summed E-state index contributed by atoms with van der Waals surface area (Å²) in [6.45, 7) is 6.55. The fourth-order valence-corrected chi connectivity index (χ4v) is 3.78. The second-order valence-electron chi connectivity index (χ2n) is 6.71. The Balaban J connectivity index is 2.26. The number of sulfone groups is 1. The molecule has 0 spiro atoms. The first kappa shape index (κ1) is 15.3. The van der Waals surface area contributed by atoms with Crippen molar-refractivity contribution in [3.8, 4) is 0 Å². The van der Waals surface area contributed by atoms with Gasteiger partial charge in [0.1, 0.15) is 5.82 Å². The highest BCUT2D eigenvalue weighted by molar-refractivity contribution is 7.90. The summed E-state index contributed by atoms with van der Waals surface area (Å²) in [6.07, 6.45) is 3.17. The number of anilines is 1. The first-order valence-corrected chi connectivity index (χ1v) is 8.74. The lowest BCUT2D eigenvalue weighted by Gasteiger charge is -2.20. The lowest BCUT2D eigenvalue weighted by Crippen LogP contribution is -2.23. The molecule has 3 nitrogen and oxygen atoms in total. The van der Waals surface area contributed by atoms with Gasteiger partial charge in [-0.1, -0.05) is 20.8 Å². The molecule has 0 heterocycles. The van der Waals surface area contributed by atoms with Crippen LogP contribution in [0.25, 0.3) is 0 Å². The summed E-state index contributed by atoms with van der Waals surface area (Å²) < 4.78 is 37.0. The zero-order chi connectivity index (χ0) is 15.1. The van der Waals surface area contributed by atoms with Gasteiger partial charge in [-0.3, -0.25) is 0 Å². The van der Waals surface area contributed by atoms with E-state index in [0.717, 1.165) is 19.1 Å². The molecule has 0 aromatic heterocycles. The summed E-state index contributed by atoms with van der Waals surface area (Å²) in [6, 6.07) is 4.08. The van der Waals surface area contributed by atoms with E-state index < -0.39 is 15.7 Å². The molecular formula is C15H22FNO2S. The number of benzene rings is 1. The number of nitrogens with one attached hydrogen (secondary N) is 1. The molecule has 2 unspecified atom stereocenters. The van der Waals surface area contributed by atoms with Gasteiger partial charge < -0.3 is 5.32 Å². The molecule has 0 bridgehead atoms. The minimum Gasteiger partial charge on any atom is -0.380 e. The summed E-state index contributed by atoms with van der Waals surface area (Å²) in [4.78, 5) is 0.145. The Morgan fingerprint density at radius 2 is 1.95 bits per heavy atom. The first-order valence-electron chi connectivity index (χ1n) is 6.85. The van der Waals surface area contributed by atoms with Crippen molar-refractivity contribution in [3.05, 3.63) is 24.0 Å². The van der Waals surface area contributed by atoms with E-state index >= 15 is 0 Å². The Hall–Kier alpha value is -1.10. The van der Waals surface area contributed by atoms with E-state index in [1.807, 2.05) is 0 Å². The normalized spacial score (nSPS) is 25.6. The fraction of sp³-hybridized carbons (Fsp3) is 0.600. The van der Waals surface area contributed by atoms with E-state index in [4.69, 9.17) is 0 Å². The van der Waals surface area contributed by atoms with Gasteiger partial charge in [0, 0.05) is 12.3 Å². The van der Waals surface area contributed by atoms with Crippen LogP contribution in [-0.2, 0) is 9.84 Å². The summed E-state index contributed by atoms with van der Waals surface area (Å²) in [5, 5.41) is 3.19. The van der Waals surface area contributed by atoms with Crippen molar-refractivity contribution in [3.63, 3.8) is 0 Å². The number of rotatable bonds is 3. The molecule has 1 aliphatic carbocycles. The molecule has 0 amide bonds. The SMILES string of the molecule is CC1CC(C)(C)CC1Nc1cc(S(C)(=O)=O)ccc1F. The Morgan fingerprint density at radius 1 is 1.30 bits per heavy atom. The number of hydrogen-bond donors (Lipinski definition) is 1. The molecule has 1 aromatic carbocycles. The Morgan fingerprint density at radius 3 is 2.45 bits per heavy atom. The minimum atomic E-state index is -3.32. The van der Waals surface area contributed by atoms with Crippen molar-refractivity contribution in [2.75, 3.05) is 11.6 Å². The third kappa shape index (κ3) is 3.32. The monoisotopic (exact) mass is 299 g/mol. The highest BCUT2D eigenvalue weighted by atomic mass is 32.2. The Kier molecular flexibility index (Phi) is 3.84. The second-order valence-corrected chi connectivity index (χ2v) is 8.73. The van der Waals surface area contributed by atoms with Crippen molar-refractivity contribution in [2.45, 2.75) is 44.6 Å². The molecule has 112 valence electrons. The van der Waals surface area contributed by atoms with Gasteiger partial charge in [-0.05, 0) is 42.4 Å². The van der Waals surface area contributed by atoms with Gasteiger partial charge >= 0.3 is 0 Å². The quantitative estimate of drug-likeness (QED) is 0.869. The summed E-state index contributed by atoms with van der Waals surface area (Å²) in [7, 11) is -3.32. The molecule has 0 saturated heterocycles. The van der Waals surface area contributed by atoms with E-state index in [2.05, 4.69) is 26.1 Å². The number of hydrogen-bond acceptors (Lipinski definition) is 3. The van der Waals surface area contributed by atoms with Crippen LogP contribution in [0.2, 0.25) is 0 Å². The maximum atomic E-state index is 13.9. The van der Waals surface area contributed by atoms with Gasteiger partial charge in [-0.15, -0.1) is 0 Å². The van der Waals surface area contributed by atoms with Crippen LogP contribution in [0, 0.1) is 17.2 Å². The third-order valence-electron chi connectivity index (χ3n) is 4.04. The van der Waals surface area contributed by atoms with Gasteiger partial charge in [0.2, 0.25) is 0 Å². The van der Waals surface area contributed by atoms with Crippen molar-refractivity contribution in [1.82, 2.24) is 0 Å². The van der Waals surface area contributed by atoms with Crippen LogP contribution in [0.3, 0.4) is 0 Å². The van der Waals surface area contributed by atoms with Crippen LogP contribution in [0.1, 0.15) is 33.6 Å². The van der Waals surface area contributed by atoms with Crippen LogP contribution in [0.4, 0.5) is 10.1 Å². The van der Waals surface area contributed by atoms with E-state index in [0.29, 0.717) is 5.92 Å². The third-order valence-corrected chi connectivity index (χ3v) is 5.15. The van der Waals surface area contributed by atoms with E-state index in [9.17, 15) is 12.8 Å². The molecule has 5 heteroatoms. The van der Waals surface area contributed by atoms with Crippen LogP contribution >= 0.6 is 0 Å². The maximum Gasteiger partial charge on any atom is 0.175 e. The first-order chi connectivity index (χ1) is 9.08. The van der Waals surface area contributed by atoms with Gasteiger partial charge in [0.15, 0.2) is 9.84 Å². The van der Waals surface area contributed by atoms with Gasteiger partial charge in [-0.25, -0.2) is 12.8 Å². The highest BCUT2D eigenvalue weighted by Crippen LogP contribution is 2.42. The zero-order valence-electron chi connectivity index (χ0n) is 12.4. The maximum absolute atomic E-state index is 13.9. The molecule has 1 aliphatic rings. The van der Waals surface area contributed by atoms with Crippen molar-refractivity contribution in [1.29, 1.82) is 0 Å². The van der Waals surface area contributed by atoms with Crippen LogP contribution in [0.15, 0.2) is 23.1 Å². The summed E-state index contributed by atoms with van der Waals surface area (Å²) in [5.74, 6) is 0.0283. The number of halogens is 1. The highest BCUT2D eigenvalue weighted by Gasteiger charge is 2.36. The summed E-state index contributed by atoms with van der Waals surface area (Å²) in [5.41, 5.74) is 0.518. The van der Waals surface area contributed by atoms with Crippen LogP contribution in [0.5, 0.6) is 0 Å². The molecule has 1 N–H and O–H groups in total. The Bertz CT molecular complexity index is 610. The van der Waals surface area contributed by atoms with Crippen molar-refractivity contribution in [2.24, 2.45) is 11.3 Å². The van der Waals surface area contributed by atoms with Gasteiger partial charge in [0.25, 0.3) is 0 Å². The molecule has 1 fully saturated rings. The van der Waals surface area contributed by atoms with Crippen molar-refractivity contribution >= 4 is 15.5 Å². The predicted molar refractivity (Wildman–Crippen MR) is 79.1 cm³/mol. The van der Waals surface area contributed by atoms with E-state index in [1.165, 1.54) is 18.2 Å². The standard InChI is InChI=1S/C15H22FNO2S/c1-10-8-15(2,3)9-14(10)17-13-7-11(20(4,18)19)5-6-12(13)16/h5-7,10,14,17H,8-9H2,1-4H3. The molecular weight excluding hydrogens is 277 g/mol. The van der Waals surface area contributed by atoms with Crippen LogP contribution < -0.4 is 5.32 Å². The molecule has 20 heavy (non-hydrogen) atoms. The van der Waals surface area contributed by atoms with E-state index in [1.54, 1.807) is 0 Å². The largest absolute Gasteiger partial charge is 0.380 e. The molecule has 2 atom stereocenters. The smallest absolute Gasteiger partial charge is 0.175 e. The minimum absolute atomic E-state index is 0.145. The average molecular weight is 299 g/mol.